The van der Waals surface area contributed by atoms with Gasteiger partial charge in [0.25, 0.3) is 0 Å². The van der Waals surface area contributed by atoms with Gasteiger partial charge < -0.3 is 15.4 Å². The first-order chi connectivity index (χ1) is 10.6. The van der Waals surface area contributed by atoms with Crippen LogP contribution in [-0.2, 0) is 4.74 Å². The van der Waals surface area contributed by atoms with Gasteiger partial charge in [-0.05, 0) is 64.7 Å². The van der Waals surface area contributed by atoms with Gasteiger partial charge in [-0.15, -0.1) is 0 Å². The van der Waals surface area contributed by atoms with E-state index in [-0.39, 0.29) is 11.6 Å². The molecule has 4 heteroatoms. The second-order valence-electron chi connectivity index (χ2n) is 9.18. The third kappa shape index (κ3) is 4.85. The molecule has 4 nitrogen and oxygen atoms in total. The molecule has 0 radical (unpaired) electrons. The van der Waals surface area contributed by atoms with E-state index in [0.29, 0.717) is 23.9 Å². The molecular weight excluding hydrogens is 288 g/mol. The van der Waals surface area contributed by atoms with E-state index in [1.807, 2.05) is 20.8 Å². The summed E-state index contributed by atoms with van der Waals surface area (Å²) in [6.07, 6.45) is 7.20. The van der Waals surface area contributed by atoms with Crippen LogP contribution >= 0.6 is 0 Å². The van der Waals surface area contributed by atoms with E-state index in [0.717, 1.165) is 6.42 Å². The lowest BCUT2D eigenvalue weighted by Gasteiger charge is -2.46. The lowest BCUT2D eigenvalue weighted by Crippen LogP contribution is -2.62. The number of amides is 1. The van der Waals surface area contributed by atoms with Crippen LogP contribution in [0.25, 0.3) is 0 Å². The molecule has 2 saturated carbocycles. The van der Waals surface area contributed by atoms with Gasteiger partial charge in [-0.3, -0.25) is 0 Å². The van der Waals surface area contributed by atoms with Gasteiger partial charge in [0.1, 0.15) is 5.60 Å². The predicted octanol–water partition coefficient (Wildman–Crippen LogP) is 4.24. The van der Waals surface area contributed by atoms with Crippen molar-refractivity contribution in [3.05, 3.63) is 0 Å². The van der Waals surface area contributed by atoms with E-state index in [4.69, 9.17) is 4.74 Å². The first-order valence-corrected chi connectivity index (χ1v) is 9.31. The summed E-state index contributed by atoms with van der Waals surface area (Å²) >= 11 is 0. The van der Waals surface area contributed by atoms with Gasteiger partial charge in [-0.2, -0.15) is 0 Å². The van der Waals surface area contributed by atoms with Crippen LogP contribution in [0.4, 0.5) is 4.79 Å². The van der Waals surface area contributed by atoms with Crippen molar-refractivity contribution in [2.24, 2.45) is 11.3 Å². The average Bonchev–Trinajstić information content (AvgIpc) is 3.17. The first-order valence-electron chi connectivity index (χ1n) is 9.31. The summed E-state index contributed by atoms with van der Waals surface area (Å²) < 4.78 is 5.42. The molecule has 0 aromatic heterocycles. The number of ether oxygens (including phenoxy) is 1. The second kappa shape index (κ2) is 6.62. The maximum absolute atomic E-state index is 12.1. The van der Waals surface area contributed by atoms with Crippen molar-refractivity contribution in [2.45, 2.75) is 97.2 Å². The Morgan fingerprint density at radius 2 is 1.91 bits per heavy atom. The lowest BCUT2D eigenvalue weighted by molar-refractivity contribution is 0.0466. The number of hydrogen-bond acceptors (Lipinski definition) is 3. The minimum atomic E-state index is -0.447. The third-order valence-electron chi connectivity index (χ3n) is 5.99. The summed E-state index contributed by atoms with van der Waals surface area (Å²) in [6, 6.07) is 0.489. The molecule has 2 N–H and O–H groups in total. The molecule has 1 amide bonds. The summed E-state index contributed by atoms with van der Waals surface area (Å²) in [6.45, 7) is 13.4. The smallest absolute Gasteiger partial charge is 0.407 e. The van der Waals surface area contributed by atoms with Crippen LogP contribution in [0, 0.1) is 11.3 Å². The summed E-state index contributed by atoms with van der Waals surface area (Å²) in [7, 11) is 0. The van der Waals surface area contributed by atoms with Crippen LogP contribution in [0.5, 0.6) is 0 Å². The molecule has 3 unspecified atom stereocenters. The minimum Gasteiger partial charge on any atom is -0.444 e. The SMILES string of the molecule is CC(NC1(CNC(=O)OC(C)(C)C)CCCCC1C)C1(C)CC1. The standard InChI is InChI=1S/C19H36N2O2/c1-14-9-7-8-10-19(14,21-15(2)18(6)11-12-18)13-20-16(22)23-17(3,4)5/h14-15,21H,7-13H2,1-6H3,(H,20,22). The molecule has 0 spiro atoms. The lowest BCUT2D eigenvalue weighted by atomic mass is 9.72. The number of carbonyl (C=O) groups excluding carboxylic acids is 1. The van der Waals surface area contributed by atoms with Crippen LogP contribution in [0.1, 0.15) is 80.1 Å². The molecule has 0 saturated heterocycles. The van der Waals surface area contributed by atoms with Crippen LogP contribution in [0.15, 0.2) is 0 Å². The molecule has 0 heterocycles. The molecule has 2 aliphatic carbocycles. The van der Waals surface area contributed by atoms with E-state index in [9.17, 15) is 4.79 Å². The molecule has 2 aliphatic rings. The number of nitrogens with one attached hydrogen (secondary N) is 2. The van der Waals surface area contributed by atoms with Crippen LogP contribution < -0.4 is 10.6 Å². The van der Waals surface area contributed by atoms with E-state index in [1.54, 1.807) is 0 Å². The molecule has 3 atom stereocenters. The zero-order chi connectivity index (χ0) is 17.3. The predicted molar refractivity (Wildman–Crippen MR) is 94.5 cm³/mol. The molecule has 0 aromatic rings. The molecular formula is C19H36N2O2. The highest BCUT2D eigenvalue weighted by atomic mass is 16.6. The molecule has 2 rings (SSSR count). The van der Waals surface area contributed by atoms with Gasteiger partial charge in [0.2, 0.25) is 0 Å². The van der Waals surface area contributed by atoms with Crippen molar-refractivity contribution in [3.63, 3.8) is 0 Å². The molecule has 0 aliphatic heterocycles. The Balaban J connectivity index is 2.00. The zero-order valence-electron chi connectivity index (χ0n) is 15.9. The van der Waals surface area contributed by atoms with Crippen molar-refractivity contribution in [1.29, 1.82) is 0 Å². The number of hydrogen-bond donors (Lipinski definition) is 2. The normalized spacial score (nSPS) is 31.3. The second-order valence-corrected chi connectivity index (χ2v) is 9.18. The van der Waals surface area contributed by atoms with Crippen molar-refractivity contribution in [1.82, 2.24) is 10.6 Å². The number of alkyl carbamates (subject to hydrolysis) is 1. The molecule has 0 aromatic carbocycles. The van der Waals surface area contributed by atoms with E-state index in [2.05, 4.69) is 31.4 Å². The average molecular weight is 325 g/mol. The Morgan fingerprint density at radius 3 is 2.43 bits per heavy atom. The zero-order valence-corrected chi connectivity index (χ0v) is 15.9. The van der Waals surface area contributed by atoms with E-state index >= 15 is 0 Å². The fourth-order valence-corrected chi connectivity index (χ4v) is 3.72. The highest BCUT2D eigenvalue weighted by molar-refractivity contribution is 5.67. The Kier molecular flexibility index (Phi) is 5.34. The quantitative estimate of drug-likeness (QED) is 0.795. The number of carbonyl (C=O) groups is 1. The van der Waals surface area contributed by atoms with E-state index < -0.39 is 5.60 Å². The van der Waals surface area contributed by atoms with Crippen LogP contribution in [-0.4, -0.2) is 29.8 Å². The number of rotatable bonds is 5. The van der Waals surface area contributed by atoms with Crippen molar-refractivity contribution in [2.75, 3.05) is 6.54 Å². The minimum absolute atomic E-state index is 0.000170. The van der Waals surface area contributed by atoms with Gasteiger partial charge in [-0.1, -0.05) is 26.7 Å². The monoisotopic (exact) mass is 324 g/mol. The van der Waals surface area contributed by atoms with Crippen molar-refractivity contribution in [3.8, 4) is 0 Å². The molecule has 0 bridgehead atoms. The van der Waals surface area contributed by atoms with Crippen molar-refractivity contribution < 1.29 is 9.53 Å². The summed E-state index contributed by atoms with van der Waals surface area (Å²) in [5, 5.41) is 6.97. The highest BCUT2D eigenvalue weighted by Crippen LogP contribution is 2.49. The highest BCUT2D eigenvalue weighted by Gasteiger charge is 2.47. The Hall–Kier alpha value is -0.770. The Labute approximate surface area is 142 Å². The first kappa shape index (κ1) is 18.6. The van der Waals surface area contributed by atoms with Crippen molar-refractivity contribution >= 4 is 6.09 Å². The maximum atomic E-state index is 12.1. The van der Waals surface area contributed by atoms with Gasteiger partial charge >= 0.3 is 6.09 Å². The fourth-order valence-electron chi connectivity index (χ4n) is 3.72. The summed E-state index contributed by atoms with van der Waals surface area (Å²) in [5.74, 6) is 0.566. The topological polar surface area (TPSA) is 50.4 Å². The Morgan fingerprint density at radius 1 is 1.26 bits per heavy atom. The third-order valence-corrected chi connectivity index (χ3v) is 5.99. The summed E-state index contributed by atoms with van der Waals surface area (Å²) in [5.41, 5.74) is -0.00606. The van der Waals surface area contributed by atoms with Gasteiger partial charge in [-0.25, -0.2) is 4.79 Å². The molecule has 23 heavy (non-hydrogen) atoms. The van der Waals surface area contributed by atoms with Gasteiger partial charge in [0.05, 0.1) is 0 Å². The maximum Gasteiger partial charge on any atom is 0.407 e. The van der Waals surface area contributed by atoms with Crippen LogP contribution in [0.2, 0.25) is 0 Å². The van der Waals surface area contributed by atoms with Crippen LogP contribution in [0.3, 0.4) is 0 Å². The fraction of sp³-hybridized carbons (Fsp3) is 0.947. The largest absolute Gasteiger partial charge is 0.444 e. The molecule has 2 fully saturated rings. The van der Waals surface area contributed by atoms with E-state index in [1.165, 1.54) is 32.1 Å². The molecule has 134 valence electrons. The van der Waals surface area contributed by atoms with Gasteiger partial charge in [0.15, 0.2) is 0 Å². The Bertz CT molecular complexity index is 426. The summed E-state index contributed by atoms with van der Waals surface area (Å²) in [4.78, 5) is 12.1. The van der Waals surface area contributed by atoms with Gasteiger partial charge in [0, 0.05) is 18.1 Å².